The lowest BCUT2D eigenvalue weighted by Crippen LogP contribution is -2.28. The van der Waals surface area contributed by atoms with Crippen molar-refractivity contribution in [2.75, 3.05) is 5.12 Å². The first-order valence-electron chi connectivity index (χ1n) is 3.49. The fourth-order valence-corrected chi connectivity index (χ4v) is 1.12. The Kier molecular flexibility index (Phi) is 1.46. The van der Waals surface area contributed by atoms with Gasteiger partial charge < -0.3 is 4.74 Å². The van der Waals surface area contributed by atoms with Gasteiger partial charge in [0.1, 0.15) is 6.61 Å². The summed E-state index contributed by atoms with van der Waals surface area (Å²) in [6, 6.07) is 6.69. The molecule has 12 heavy (non-hydrogen) atoms. The number of rotatable bonds is 0. The molecule has 0 unspecified atom stereocenters. The Labute approximate surface area is 68.3 Å². The number of anilines is 1. The van der Waals surface area contributed by atoms with Crippen molar-refractivity contribution in [1.82, 2.24) is 0 Å². The summed E-state index contributed by atoms with van der Waals surface area (Å²) >= 11 is 0. The Morgan fingerprint density at radius 2 is 2.17 bits per heavy atom. The molecule has 0 aromatic heterocycles. The summed E-state index contributed by atoms with van der Waals surface area (Å²) < 4.78 is 17.5. The van der Waals surface area contributed by atoms with Gasteiger partial charge in [0.2, 0.25) is 0 Å². The molecule has 1 aromatic rings. The fourth-order valence-electron chi connectivity index (χ4n) is 1.12. The van der Waals surface area contributed by atoms with Crippen LogP contribution in [-0.4, -0.2) is 6.09 Å². The van der Waals surface area contributed by atoms with Gasteiger partial charge in [-0.05, 0) is 6.07 Å². The minimum Gasteiger partial charge on any atom is -0.443 e. The van der Waals surface area contributed by atoms with Gasteiger partial charge in [-0.3, -0.25) is 0 Å². The standard InChI is InChI=1S/C8H6FNO2/c9-10-7-4-2-1-3-6(7)5-12-8(10)11/h1-4H,5H2. The number of para-hydroxylation sites is 1. The topological polar surface area (TPSA) is 29.5 Å². The van der Waals surface area contributed by atoms with Gasteiger partial charge in [0.15, 0.2) is 0 Å². The molecular weight excluding hydrogens is 161 g/mol. The van der Waals surface area contributed by atoms with Gasteiger partial charge in [0.05, 0.1) is 5.69 Å². The second kappa shape index (κ2) is 2.48. The van der Waals surface area contributed by atoms with Crippen LogP contribution < -0.4 is 5.12 Å². The first kappa shape index (κ1) is 7.09. The zero-order valence-corrected chi connectivity index (χ0v) is 6.16. The lowest BCUT2D eigenvalue weighted by atomic mass is 10.2. The second-order valence-corrected chi connectivity index (χ2v) is 2.46. The third-order valence-electron chi connectivity index (χ3n) is 1.71. The maximum absolute atomic E-state index is 12.9. The average molecular weight is 167 g/mol. The number of nitrogens with zero attached hydrogens (tertiary/aromatic N) is 1. The number of hydrogen-bond donors (Lipinski definition) is 0. The quantitative estimate of drug-likeness (QED) is 0.553. The Morgan fingerprint density at radius 3 is 3.00 bits per heavy atom. The monoisotopic (exact) mass is 167 g/mol. The normalized spacial score (nSPS) is 15.4. The highest BCUT2D eigenvalue weighted by molar-refractivity contribution is 5.87. The minimum atomic E-state index is -0.950. The summed E-state index contributed by atoms with van der Waals surface area (Å²) in [6.45, 7) is 0.148. The molecule has 1 aromatic carbocycles. The van der Waals surface area contributed by atoms with Crippen molar-refractivity contribution in [2.24, 2.45) is 0 Å². The number of halogens is 1. The molecule has 1 amide bonds. The van der Waals surface area contributed by atoms with Crippen LogP contribution in [0, 0.1) is 0 Å². The molecule has 0 saturated carbocycles. The van der Waals surface area contributed by atoms with Crippen molar-refractivity contribution in [3.63, 3.8) is 0 Å². The highest BCUT2D eigenvalue weighted by Crippen LogP contribution is 2.26. The van der Waals surface area contributed by atoms with Crippen LogP contribution in [0.4, 0.5) is 15.0 Å². The van der Waals surface area contributed by atoms with Crippen molar-refractivity contribution in [1.29, 1.82) is 0 Å². The number of hydrogen-bond acceptors (Lipinski definition) is 2. The van der Waals surface area contributed by atoms with Crippen LogP contribution in [0.2, 0.25) is 0 Å². The van der Waals surface area contributed by atoms with E-state index in [9.17, 15) is 9.28 Å². The van der Waals surface area contributed by atoms with Crippen molar-refractivity contribution in [3.8, 4) is 0 Å². The first-order chi connectivity index (χ1) is 5.79. The Bertz CT molecular complexity index is 327. The van der Waals surface area contributed by atoms with Crippen molar-refractivity contribution >= 4 is 11.8 Å². The number of carbonyl (C=O) groups is 1. The Morgan fingerprint density at radius 1 is 1.42 bits per heavy atom. The van der Waals surface area contributed by atoms with Crippen molar-refractivity contribution in [3.05, 3.63) is 29.8 Å². The van der Waals surface area contributed by atoms with Gasteiger partial charge in [0, 0.05) is 5.56 Å². The molecule has 0 spiro atoms. The summed E-state index contributed by atoms with van der Waals surface area (Å²) in [6.07, 6.45) is -0.950. The van der Waals surface area contributed by atoms with Crippen LogP contribution in [-0.2, 0) is 11.3 Å². The SMILES string of the molecule is O=C1OCc2ccccc2N1F. The van der Waals surface area contributed by atoms with E-state index in [1.807, 2.05) is 0 Å². The summed E-state index contributed by atoms with van der Waals surface area (Å²) in [5.41, 5.74) is 0.952. The minimum absolute atomic E-state index is 0.0127. The van der Waals surface area contributed by atoms with E-state index in [4.69, 9.17) is 0 Å². The van der Waals surface area contributed by atoms with Crippen LogP contribution in [0.15, 0.2) is 24.3 Å². The molecule has 4 heteroatoms. The molecule has 1 aliphatic heterocycles. The van der Waals surface area contributed by atoms with Gasteiger partial charge in [0.25, 0.3) is 0 Å². The predicted octanol–water partition coefficient (Wildman–Crippen LogP) is 2.03. The van der Waals surface area contributed by atoms with Gasteiger partial charge in [-0.2, -0.15) is 0 Å². The van der Waals surface area contributed by atoms with E-state index < -0.39 is 6.09 Å². The number of cyclic esters (lactones) is 1. The molecule has 0 aliphatic carbocycles. The van der Waals surface area contributed by atoms with Gasteiger partial charge in [-0.1, -0.05) is 22.7 Å². The van der Waals surface area contributed by atoms with E-state index in [0.717, 1.165) is 0 Å². The summed E-state index contributed by atoms with van der Waals surface area (Å²) in [7, 11) is 0. The molecule has 2 rings (SSSR count). The van der Waals surface area contributed by atoms with Crippen LogP contribution in [0.1, 0.15) is 5.56 Å². The van der Waals surface area contributed by atoms with Crippen molar-refractivity contribution < 1.29 is 14.0 Å². The predicted molar refractivity (Wildman–Crippen MR) is 40.2 cm³/mol. The smallest absolute Gasteiger partial charge is 0.443 e. The number of ether oxygens (including phenoxy) is 1. The Balaban J connectivity index is 2.48. The molecule has 0 bridgehead atoms. The highest BCUT2D eigenvalue weighted by Gasteiger charge is 2.24. The lowest BCUT2D eigenvalue weighted by molar-refractivity contribution is 0.126. The molecule has 0 fully saturated rings. The molecule has 62 valence electrons. The number of fused-ring (bicyclic) bond motifs is 1. The summed E-state index contributed by atoms with van der Waals surface area (Å²) in [5.74, 6) is 0. The molecule has 0 saturated heterocycles. The van der Waals surface area contributed by atoms with E-state index in [1.54, 1.807) is 18.2 Å². The van der Waals surface area contributed by atoms with Crippen LogP contribution >= 0.6 is 0 Å². The van der Waals surface area contributed by atoms with E-state index in [2.05, 4.69) is 4.74 Å². The molecule has 1 aliphatic rings. The van der Waals surface area contributed by atoms with E-state index in [-0.39, 0.29) is 17.4 Å². The van der Waals surface area contributed by atoms with Crippen LogP contribution in [0.5, 0.6) is 0 Å². The molecule has 0 atom stereocenters. The number of benzene rings is 1. The van der Waals surface area contributed by atoms with Crippen LogP contribution in [0.3, 0.4) is 0 Å². The van der Waals surface area contributed by atoms with E-state index in [0.29, 0.717) is 5.56 Å². The van der Waals surface area contributed by atoms with E-state index >= 15 is 0 Å². The highest BCUT2D eigenvalue weighted by atomic mass is 19.2. The summed E-state index contributed by atoms with van der Waals surface area (Å²) in [5, 5.41) is 0.0127. The second-order valence-electron chi connectivity index (χ2n) is 2.46. The molecule has 0 radical (unpaired) electrons. The van der Waals surface area contributed by atoms with Gasteiger partial charge in [-0.15, -0.1) is 5.12 Å². The zero-order chi connectivity index (χ0) is 8.55. The average Bonchev–Trinajstić information content (AvgIpc) is 2.12. The van der Waals surface area contributed by atoms with E-state index in [1.165, 1.54) is 6.07 Å². The summed E-state index contributed by atoms with van der Waals surface area (Å²) in [4.78, 5) is 10.7. The van der Waals surface area contributed by atoms with Gasteiger partial charge in [-0.25, -0.2) is 4.79 Å². The van der Waals surface area contributed by atoms with Crippen molar-refractivity contribution in [2.45, 2.75) is 6.61 Å². The lowest BCUT2D eigenvalue weighted by Gasteiger charge is -2.20. The Hall–Kier alpha value is -1.58. The van der Waals surface area contributed by atoms with Gasteiger partial charge >= 0.3 is 6.09 Å². The number of carbonyl (C=O) groups excluding carboxylic acids is 1. The third kappa shape index (κ3) is 0.922. The largest absolute Gasteiger partial charge is 0.443 e. The maximum atomic E-state index is 12.9. The fraction of sp³-hybridized carbons (Fsp3) is 0.125. The maximum Gasteiger partial charge on any atom is 0.443 e. The molecule has 3 nitrogen and oxygen atoms in total. The molecule has 0 N–H and O–H groups in total. The first-order valence-corrected chi connectivity index (χ1v) is 3.49. The van der Waals surface area contributed by atoms with Crippen LogP contribution in [0.25, 0.3) is 0 Å². The molecule has 1 heterocycles. The number of amides is 1. The third-order valence-corrected chi connectivity index (χ3v) is 1.71. The zero-order valence-electron chi connectivity index (χ0n) is 6.16. The molecular formula is C8H6FNO2.